The van der Waals surface area contributed by atoms with Crippen LogP contribution in [0.3, 0.4) is 0 Å². The summed E-state index contributed by atoms with van der Waals surface area (Å²) in [5.41, 5.74) is 2.32. The van der Waals surface area contributed by atoms with Crippen LogP contribution in [-0.4, -0.2) is 28.9 Å². The van der Waals surface area contributed by atoms with E-state index >= 15 is 0 Å². The Morgan fingerprint density at radius 1 is 1.17 bits per heavy atom. The number of rotatable bonds is 3. The Kier molecular flexibility index (Phi) is 4.66. The largest absolute Gasteiger partial charge is 1.00 e. The van der Waals surface area contributed by atoms with E-state index in [0.29, 0.717) is 17.2 Å². The van der Waals surface area contributed by atoms with E-state index in [2.05, 4.69) is 10.3 Å². The van der Waals surface area contributed by atoms with Gasteiger partial charge in [0.2, 0.25) is 12.5 Å². The van der Waals surface area contributed by atoms with Gasteiger partial charge in [-0.25, -0.2) is 4.68 Å². The van der Waals surface area contributed by atoms with Gasteiger partial charge in [-0.15, -0.1) is 10.8 Å². The summed E-state index contributed by atoms with van der Waals surface area (Å²) >= 11 is 0. The molecule has 0 aliphatic carbocycles. The number of fused-ring (bicyclic) bond motifs is 1. The Morgan fingerprint density at radius 3 is 2.71 bits per heavy atom. The summed E-state index contributed by atoms with van der Waals surface area (Å²) in [7, 11) is 1.57. The Labute approximate surface area is 160 Å². The minimum Gasteiger partial charge on any atom is -0.872 e. The normalized spacial score (nSPS) is 11.9. The van der Waals surface area contributed by atoms with Crippen molar-refractivity contribution in [3.05, 3.63) is 42.6 Å². The fourth-order valence-electron chi connectivity index (χ4n) is 2.49. The van der Waals surface area contributed by atoms with Gasteiger partial charge in [0.25, 0.3) is 0 Å². The van der Waals surface area contributed by atoms with Crippen LogP contribution < -0.4 is 48.9 Å². The van der Waals surface area contributed by atoms with Crippen molar-refractivity contribution in [3.63, 3.8) is 0 Å². The average molecular weight is 333 g/mol. The second-order valence-corrected chi connectivity index (χ2v) is 4.94. The maximum absolute atomic E-state index is 11.3. The SMILES string of the molecule is COc1cc(-n2nncc2-c2ccc([O-])cc2)cc2c1OCO2.[Na+]. The van der Waals surface area contributed by atoms with Crippen molar-refractivity contribution in [3.8, 4) is 39.9 Å². The molecular formula is C16H12N3NaO4. The van der Waals surface area contributed by atoms with Crippen LogP contribution in [0, 0.1) is 0 Å². The van der Waals surface area contributed by atoms with Gasteiger partial charge in [-0.05, 0) is 0 Å². The summed E-state index contributed by atoms with van der Waals surface area (Å²) < 4.78 is 17.8. The fraction of sp³-hybridized carbons (Fsp3) is 0.125. The zero-order chi connectivity index (χ0) is 15.8. The number of hydrogen-bond acceptors (Lipinski definition) is 6. The Hall–Kier alpha value is -2.22. The molecule has 2 aromatic carbocycles. The standard InChI is InChI=1S/C16H13N3O4.Na/c1-21-14-6-11(7-15-16(14)23-9-22-15)19-13(8-17-18-19)10-2-4-12(20)5-3-10;/h2-8,20H,9H2,1H3;/q;+1/p-1. The molecule has 0 saturated carbocycles. The fourth-order valence-corrected chi connectivity index (χ4v) is 2.49. The summed E-state index contributed by atoms with van der Waals surface area (Å²) in [6.45, 7) is 0.157. The molecule has 0 unspecified atom stereocenters. The van der Waals surface area contributed by atoms with Crippen LogP contribution in [0.25, 0.3) is 16.9 Å². The van der Waals surface area contributed by atoms with Gasteiger partial charge in [0.1, 0.15) is 0 Å². The molecule has 116 valence electrons. The monoisotopic (exact) mass is 333 g/mol. The maximum Gasteiger partial charge on any atom is 1.00 e. The molecule has 2 heterocycles. The van der Waals surface area contributed by atoms with Crippen LogP contribution >= 0.6 is 0 Å². The molecule has 0 amide bonds. The number of nitrogens with zero attached hydrogens (tertiary/aromatic N) is 3. The predicted octanol–water partition coefficient (Wildman–Crippen LogP) is -1.25. The molecule has 1 aliphatic heterocycles. The van der Waals surface area contributed by atoms with E-state index in [0.717, 1.165) is 16.9 Å². The first-order chi connectivity index (χ1) is 11.3. The van der Waals surface area contributed by atoms with E-state index in [-0.39, 0.29) is 42.1 Å². The van der Waals surface area contributed by atoms with Gasteiger partial charge >= 0.3 is 29.6 Å². The third kappa shape index (κ3) is 2.82. The van der Waals surface area contributed by atoms with E-state index in [1.807, 2.05) is 6.07 Å². The summed E-state index contributed by atoms with van der Waals surface area (Å²) in [5, 5.41) is 19.4. The molecule has 0 radical (unpaired) electrons. The van der Waals surface area contributed by atoms with Gasteiger partial charge in [0.05, 0.1) is 24.7 Å². The van der Waals surface area contributed by atoms with Gasteiger partial charge in [-0.3, -0.25) is 0 Å². The quantitative estimate of drug-likeness (QED) is 0.557. The molecule has 0 saturated heterocycles. The van der Waals surface area contributed by atoms with Crippen LogP contribution in [0.1, 0.15) is 0 Å². The minimum atomic E-state index is -0.0440. The van der Waals surface area contributed by atoms with E-state index < -0.39 is 0 Å². The second kappa shape index (κ2) is 6.72. The minimum absolute atomic E-state index is 0. The van der Waals surface area contributed by atoms with E-state index in [1.54, 1.807) is 36.2 Å². The maximum atomic E-state index is 11.3. The first-order valence-corrected chi connectivity index (χ1v) is 6.92. The average Bonchev–Trinajstić information content (AvgIpc) is 3.23. The van der Waals surface area contributed by atoms with Gasteiger partial charge in [0, 0.05) is 17.7 Å². The van der Waals surface area contributed by atoms with Crippen LogP contribution in [0.4, 0.5) is 0 Å². The number of ether oxygens (including phenoxy) is 3. The number of benzene rings is 2. The van der Waals surface area contributed by atoms with Crippen molar-refractivity contribution in [2.45, 2.75) is 0 Å². The molecule has 0 N–H and O–H groups in total. The molecule has 0 fully saturated rings. The van der Waals surface area contributed by atoms with Crippen molar-refractivity contribution >= 4 is 0 Å². The van der Waals surface area contributed by atoms with Crippen LogP contribution in [0.2, 0.25) is 0 Å². The third-order valence-electron chi connectivity index (χ3n) is 3.59. The molecular weight excluding hydrogens is 321 g/mol. The van der Waals surface area contributed by atoms with Gasteiger partial charge < -0.3 is 19.3 Å². The van der Waals surface area contributed by atoms with Crippen molar-refractivity contribution in [2.24, 2.45) is 0 Å². The molecule has 4 rings (SSSR count). The molecule has 1 aliphatic rings. The number of methoxy groups -OCH3 is 1. The zero-order valence-corrected chi connectivity index (χ0v) is 15.2. The van der Waals surface area contributed by atoms with Gasteiger partial charge in [-0.2, -0.15) is 0 Å². The second-order valence-electron chi connectivity index (χ2n) is 4.94. The van der Waals surface area contributed by atoms with E-state index in [4.69, 9.17) is 14.2 Å². The molecule has 3 aromatic rings. The van der Waals surface area contributed by atoms with Crippen LogP contribution in [0.15, 0.2) is 42.6 Å². The number of hydrogen-bond donors (Lipinski definition) is 0. The molecule has 8 heteroatoms. The van der Waals surface area contributed by atoms with Crippen molar-refractivity contribution < 1.29 is 48.9 Å². The van der Waals surface area contributed by atoms with Crippen molar-refractivity contribution in [1.82, 2.24) is 15.0 Å². The molecule has 7 nitrogen and oxygen atoms in total. The summed E-state index contributed by atoms with van der Waals surface area (Å²) in [6.07, 6.45) is 1.64. The Morgan fingerprint density at radius 2 is 1.96 bits per heavy atom. The molecule has 24 heavy (non-hydrogen) atoms. The van der Waals surface area contributed by atoms with Crippen molar-refractivity contribution in [1.29, 1.82) is 0 Å². The van der Waals surface area contributed by atoms with Gasteiger partial charge in [0.15, 0.2) is 11.5 Å². The number of aromatic nitrogens is 3. The van der Waals surface area contributed by atoms with E-state index in [1.165, 1.54) is 12.1 Å². The van der Waals surface area contributed by atoms with Crippen molar-refractivity contribution in [2.75, 3.05) is 13.9 Å². The smallest absolute Gasteiger partial charge is 0.872 e. The first-order valence-electron chi connectivity index (χ1n) is 6.92. The summed E-state index contributed by atoms with van der Waals surface area (Å²) in [5.74, 6) is 1.69. The van der Waals surface area contributed by atoms with Gasteiger partial charge in [-0.1, -0.05) is 29.5 Å². The molecule has 1 aromatic heterocycles. The predicted molar refractivity (Wildman–Crippen MR) is 78.9 cm³/mol. The van der Waals surface area contributed by atoms with E-state index in [9.17, 15) is 5.11 Å². The first kappa shape index (κ1) is 16.6. The summed E-state index contributed by atoms with van der Waals surface area (Å²) in [6, 6.07) is 10.1. The molecule has 0 spiro atoms. The van der Waals surface area contributed by atoms with Crippen LogP contribution in [0.5, 0.6) is 23.0 Å². The zero-order valence-electron chi connectivity index (χ0n) is 13.2. The topological polar surface area (TPSA) is 81.5 Å². The third-order valence-corrected chi connectivity index (χ3v) is 3.59. The molecule has 0 bridgehead atoms. The Bertz CT molecular complexity index is 864. The molecule has 0 atom stereocenters. The van der Waals surface area contributed by atoms with Crippen LogP contribution in [-0.2, 0) is 0 Å². The Balaban J connectivity index is 0.00000169. The summed E-state index contributed by atoms with van der Waals surface area (Å²) in [4.78, 5) is 0.